The summed E-state index contributed by atoms with van der Waals surface area (Å²) in [4.78, 5) is 11.5. The third-order valence-electron chi connectivity index (χ3n) is 3.51. The van der Waals surface area contributed by atoms with Crippen molar-refractivity contribution in [2.45, 2.75) is 12.2 Å². The molecule has 0 heterocycles. The molecule has 0 saturated heterocycles. The molecule has 0 spiro atoms. The predicted molar refractivity (Wildman–Crippen MR) is 109 cm³/mol. The first-order valence-electron chi connectivity index (χ1n) is 8.14. The normalized spacial score (nSPS) is 10.2. The van der Waals surface area contributed by atoms with E-state index in [0.29, 0.717) is 23.0 Å². The number of thioether (sulfide) groups is 1. The summed E-state index contributed by atoms with van der Waals surface area (Å²) < 4.78 is 18.2. The van der Waals surface area contributed by atoms with Crippen LogP contribution in [0.2, 0.25) is 0 Å². The van der Waals surface area contributed by atoms with Crippen LogP contribution in [0.4, 0.5) is 10.1 Å². The summed E-state index contributed by atoms with van der Waals surface area (Å²) in [6.45, 7) is 0.715. The van der Waals surface area contributed by atoms with Gasteiger partial charge in [0.15, 0.2) is 5.11 Å². The minimum atomic E-state index is -0.389. The van der Waals surface area contributed by atoms with Crippen LogP contribution in [-0.2, 0) is 10.5 Å². The number of esters is 1. The highest BCUT2D eigenvalue weighted by Gasteiger charge is 2.06. The maximum absolute atomic E-state index is 13.5. The van der Waals surface area contributed by atoms with Crippen LogP contribution in [0.5, 0.6) is 0 Å². The minimum Gasteiger partial charge on any atom is -0.465 e. The number of carbonyl (C=O) groups is 1. The van der Waals surface area contributed by atoms with Crippen LogP contribution < -0.4 is 10.6 Å². The molecule has 0 saturated carbocycles. The van der Waals surface area contributed by atoms with Gasteiger partial charge in [0.2, 0.25) is 0 Å². The second-order valence-corrected chi connectivity index (χ2v) is 6.96. The number of hydrogen-bond donors (Lipinski definition) is 2. The quantitative estimate of drug-likeness (QED) is 0.398. The van der Waals surface area contributed by atoms with Crippen molar-refractivity contribution in [1.82, 2.24) is 5.32 Å². The number of rotatable bonds is 8. The molecule has 0 bridgehead atoms. The van der Waals surface area contributed by atoms with E-state index in [-0.39, 0.29) is 11.8 Å². The molecule has 0 unspecified atom stereocenters. The molecule has 0 aromatic heterocycles. The van der Waals surface area contributed by atoms with Gasteiger partial charge in [0.05, 0.1) is 12.7 Å². The van der Waals surface area contributed by atoms with Crippen LogP contribution in [0.15, 0.2) is 48.5 Å². The third-order valence-corrected chi connectivity index (χ3v) is 4.85. The van der Waals surface area contributed by atoms with E-state index in [1.807, 2.05) is 18.2 Å². The topological polar surface area (TPSA) is 50.4 Å². The Balaban J connectivity index is 1.65. The first-order chi connectivity index (χ1) is 12.6. The molecule has 2 rings (SSSR count). The third kappa shape index (κ3) is 6.65. The van der Waals surface area contributed by atoms with E-state index in [1.165, 1.54) is 13.2 Å². The average molecular weight is 393 g/mol. The molecule has 0 fully saturated rings. The van der Waals surface area contributed by atoms with Gasteiger partial charge in [0.1, 0.15) is 5.82 Å². The van der Waals surface area contributed by atoms with E-state index in [9.17, 15) is 9.18 Å². The Morgan fingerprint density at radius 2 is 2.04 bits per heavy atom. The highest BCUT2D eigenvalue weighted by Crippen LogP contribution is 2.16. The largest absolute Gasteiger partial charge is 0.465 e. The zero-order chi connectivity index (χ0) is 18.8. The molecule has 0 aliphatic carbocycles. The average Bonchev–Trinajstić information content (AvgIpc) is 2.65. The van der Waals surface area contributed by atoms with E-state index in [1.54, 1.807) is 36.0 Å². The summed E-state index contributed by atoms with van der Waals surface area (Å²) in [5, 5.41) is 6.65. The molecule has 0 aliphatic rings. The van der Waals surface area contributed by atoms with Crippen molar-refractivity contribution in [2.75, 3.05) is 24.7 Å². The van der Waals surface area contributed by atoms with Crippen LogP contribution in [0.1, 0.15) is 22.3 Å². The van der Waals surface area contributed by atoms with E-state index in [4.69, 9.17) is 17.0 Å². The van der Waals surface area contributed by atoms with Gasteiger partial charge in [0, 0.05) is 18.0 Å². The van der Waals surface area contributed by atoms with Gasteiger partial charge in [-0.2, -0.15) is 11.8 Å². The number of anilines is 1. The maximum atomic E-state index is 13.5. The van der Waals surface area contributed by atoms with E-state index in [2.05, 4.69) is 10.6 Å². The van der Waals surface area contributed by atoms with Crippen LogP contribution in [0.3, 0.4) is 0 Å². The number of halogens is 1. The SMILES string of the molecule is COC(=O)c1cccc(NC(=S)NCCCSCc2ccccc2F)c1. The van der Waals surface area contributed by atoms with Gasteiger partial charge >= 0.3 is 5.97 Å². The zero-order valence-corrected chi connectivity index (χ0v) is 16.1. The molecule has 0 radical (unpaired) electrons. The molecule has 26 heavy (non-hydrogen) atoms. The smallest absolute Gasteiger partial charge is 0.337 e. The van der Waals surface area contributed by atoms with Gasteiger partial charge in [-0.05, 0) is 54.2 Å². The lowest BCUT2D eigenvalue weighted by molar-refractivity contribution is 0.0601. The lowest BCUT2D eigenvalue weighted by Gasteiger charge is -2.11. The molecule has 138 valence electrons. The summed E-state index contributed by atoms with van der Waals surface area (Å²) in [6.07, 6.45) is 0.906. The van der Waals surface area contributed by atoms with Crippen molar-refractivity contribution >= 4 is 40.7 Å². The number of methoxy groups -OCH3 is 1. The molecule has 2 aromatic rings. The first kappa shape index (κ1) is 20.2. The predicted octanol–water partition coefficient (Wildman–Crippen LogP) is 4.22. The monoisotopic (exact) mass is 392 g/mol. The van der Waals surface area contributed by atoms with Crippen LogP contribution in [-0.4, -0.2) is 30.5 Å². The summed E-state index contributed by atoms with van der Waals surface area (Å²) in [7, 11) is 1.35. The molecule has 7 heteroatoms. The highest BCUT2D eigenvalue weighted by molar-refractivity contribution is 7.98. The number of thiocarbonyl (C=S) groups is 1. The van der Waals surface area contributed by atoms with Gasteiger partial charge in [-0.1, -0.05) is 24.3 Å². The molecule has 2 aromatic carbocycles. The van der Waals surface area contributed by atoms with Crippen LogP contribution >= 0.6 is 24.0 Å². The minimum absolute atomic E-state index is 0.155. The molecule has 2 N–H and O–H groups in total. The van der Waals surface area contributed by atoms with E-state index < -0.39 is 0 Å². The second kappa shape index (κ2) is 10.8. The fraction of sp³-hybridized carbons (Fsp3) is 0.263. The van der Waals surface area contributed by atoms with E-state index in [0.717, 1.165) is 23.4 Å². The Bertz CT molecular complexity index is 756. The summed E-state index contributed by atoms with van der Waals surface area (Å²) in [6, 6.07) is 13.8. The highest BCUT2D eigenvalue weighted by atomic mass is 32.2. The van der Waals surface area contributed by atoms with Gasteiger partial charge in [0.25, 0.3) is 0 Å². The Labute approximate surface area is 162 Å². The molecule has 0 atom stereocenters. The number of nitrogens with one attached hydrogen (secondary N) is 2. The molecule has 0 aliphatic heterocycles. The number of hydrogen-bond acceptors (Lipinski definition) is 4. The van der Waals surface area contributed by atoms with Gasteiger partial charge < -0.3 is 15.4 Å². The van der Waals surface area contributed by atoms with Gasteiger partial charge in [-0.3, -0.25) is 0 Å². The fourth-order valence-corrected chi connectivity index (χ4v) is 3.36. The summed E-state index contributed by atoms with van der Waals surface area (Å²) in [5.74, 6) is 1.02. The van der Waals surface area contributed by atoms with Crippen molar-refractivity contribution in [3.63, 3.8) is 0 Å². The van der Waals surface area contributed by atoms with Crippen molar-refractivity contribution in [1.29, 1.82) is 0 Å². The van der Waals surface area contributed by atoms with Gasteiger partial charge in [-0.15, -0.1) is 0 Å². The summed E-state index contributed by atoms with van der Waals surface area (Å²) >= 11 is 6.94. The van der Waals surface area contributed by atoms with Crippen molar-refractivity contribution in [2.24, 2.45) is 0 Å². The maximum Gasteiger partial charge on any atom is 0.337 e. The van der Waals surface area contributed by atoms with Gasteiger partial charge in [-0.25, -0.2) is 9.18 Å². The lowest BCUT2D eigenvalue weighted by Crippen LogP contribution is -2.29. The van der Waals surface area contributed by atoms with Crippen LogP contribution in [0, 0.1) is 5.82 Å². The standard InChI is InChI=1S/C19H21FN2O2S2/c1-24-18(23)14-7-4-8-16(12-14)22-19(25)21-10-5-11-26-13-15-6-2-3-9-17(15)20/h2-4,6-9,12H,5,10-11,13H2,1H3,(H2,21,22,25). The van der Waals surface area contributed by atoms with Crippen LogP contribution in [0.25, 0.3) is 0 Å². The molecular weight excluding hydrogens is 371 g/mol. The van der Waals surface area contributed by atoms with E-state index >= 15 is 0 Å². The Morgan fingerprint density at radius 3 is 2.81 bits per heavy atom. The van der Waals surface area contributed by atoms with Crippen molar-refractivity contribution < 1.29 is 13.9 Å². The Kier molecular flexibility index (Phi) is 8.37. The van der Waals surface area contributed by atoms with Crippen molar-refractivity contribution in [3.05, 3.63) is 65.5 Å². The zero-order valence-electron chi connectivity index (χ0n) is 14.5. The Hall–Kier alpha value is -2.12. The summed E-state index contributed by atoms with van der Waals surface area (Å²) in [5.41, 5.74) is 1.91. The molecular formula is C19H21FN2O2S2. The molecule has 4 nitrogen and oxygen atoms in total. The van der Waals surface area contributed by atoms with Crippen molar-refractivity contribution in [3.8, 4) is 0 Å². The number of carbonyl (C=O) groups excluding carboxylic acids is 1. The number of benzene rings is 2. The second-order valence-electron chi connectivity index (χ2n) is 5.45. The lowest BCUT2D eigenvalue weighted by atomic mass is 10.2. The first-order valence-corrected chi connectivity index (χ1v) is 9.71. The Morgan fingerprint density at radius 1 is 1.23 bits per heavy atom. The number of ether oxygens (including phenoxy) is 1. The fourth-order valence-electron chi connectivity index (χ4n) is 2.19. The molecule has 0 amide bonds.